The molecule has 0 bridgehead atoms. The predicted molar refractivity (Wildman–Crippen MR) is 90.3 cm³/mol. The number of hydrogen-bond acceptors (Lipinski definition) is 3. The zero-order valence-electron chi connectivity index (χ0n) is 12.7. The number of nitrogens with one attached hydrogen (secondary N) is 4. The van der Waals surface area contributed by atoms with Crippen LogP contribution in [0.4, 0.5) is 4.79 Å². The normalized spacial score (nSPS) is 15.3. The molecule has 2 heterocycles. The Bertz CT molecular complexity index is 649. The lowest BCUT2D eigenvalue weighted by Gasteiger charge is -2.23. The van der Waals surface area contributed by atoms with Crippen molar-refractivity contribution in [3.63, 3.8) is 0 Å². The van der Waals surface area contributed by atoms with Crippen molar-refractivity contribution >= 4 is 17.6 Å². The van der Waals surface area contributed by atoms with Crippen molar-refractivity contribution in [3.05, 3.63) is 41.0 Å². The Morgan fingerprint density at radius 1 is 1.26 bits per heavy atom. The first-order chi connectivity index (χ1) is 11.2. The number of aromatic nitrogens is 2. The Morgan fingerprint density at radius 2 is 2.00 bits per heavy atom. The molecule has 1 aromatic heterocycles. The Labute approximate surface area is 140 Å². The molecule has 1 saturated heterocycles. The van der Waals surface area contributed by atoms with Crippen LogP contribution in [-0.2, 0) is 6.54 Å². The second-order valence-electron chi connectivity index (χ2n) is 5.63. The molecule has 0 spiro atoms. The van der Waals surface area contributed by atoms with Gasteiger partial charge in [0, 0.05) is 23.2 Å². The fourth-order valence-corrected chi connectivity index (χ4v) is 2.82. The van der Waals surface area contributed by atoms with Crippen LogP contribution >= 0.6 is 11.6 Å². The fraction of sp³-hybridized carbons (Fsp3) is 0.375. The van der Waals surface area contributed by atoms with Crippen molar-refractivity contribution in [2.75, 3.05) is 13.1 Å². The third kappa shape index (κ3) is 4.24. The minimum absolute atomic E-state index is 0.139. The summed E-state index contributed by atoms with van der Waals surface area (Å²) in [6, 6.07) is 7.62. The van der Waals surface area contributed by atoms with Crippen molar-refractivity contribution in [1.82, 2.24) is 26.1 Å². The van der Waals surface area contributed by atoms with Crippen molar-refractivity contribution in [2.24, 2.45) is 0 Å². The molecular formula is C16H20ClN5O. The van der Waals surface area contributed by atoms with E-state index < -0.39 is 0 Å². The van der Waals surface area contributed by atoms with Crippen LogP contribution in [0.5, 0.6) is 0 Å². The molecule has 23 heavy (non-hydrogen) atoms. The summed E-state index contributed by atoms with van der Waals surface area (Å²) < 4.78 is 0. The highest BCUT2D eigenvalue weighted by atomic mass is 35.5. The first-order valence-corrected chi connectivity index (χ1v) is 8.13. The monoisotopic (exact) mass is 333 g/mol. The van der Waals surface area contributed by atoms with Gasteiger partial charge >= 0.3 is 6.03 Å². The van der Waals surface area contributed by atoms with Gasteiger partial charge in [0.25, 0.3) is 0 Å². The Kier molecular flexibility index (Phi) is 5.15. The molecule has 4 N–H and O–H groups in total. The molecule has 2 aromatic rings. The van der Waals surface area contributed by atoms with Crippen LogP contribution in [0.1, 0.15) is 18.4 Å². The smallest absolute Gasteiger partial charge is 0.315 e. The molecule has 1 aromatic carbocycles. The van der Waals surface area contributed by atoms with E-state index in [2.05, 4.69) is 26.1 Å². The second kappa shape index (κ2) is 7.48. The van der Waals surface area contributed by atoms with Gasteiger partial charge < -0.3 is 16.0 Å². The number of amides is 2. The molecule has 6 nitrogen and oxygen atoms in total. The highest BCUT2D eigenvalue weighted by molar-refractivity contribution is 6.30. The molecule has 3 rings (SSSR count). The van der Waals surface area contributed by atoms with Gasteiger partial charge in [-0.05, 0) is 43.6 Å². The van der Waals surface area contributed by atoms with E-state index in [4.69, 9.17) is 11.6 Å². The lowest BCUT2D eigenvalue weighted by Crippen LogP contribution is -2.46. The molecule has 1 fully saturated rings. The molecule has 0 aliphatic carbocycles. The van der Waals surface area contributed by atoms with Crippen LogP contribution < -0.4 is 16.0 Å². The lowest BCUT2D eigenvalue weighted by molar-refractivity contribution is 0.233. The third-order valence-electron chi connectivity index (χ3n) is 3.96. The number of benzene rings is 1. The van der Waals surface area contributed by atoms with Crippen LogP contribution in [-0.4, -0.2) is 35.4 Å². The number of rotatable bonds is 4. The predicted octanol–water partition coefficient (Wildman–Crippen LogP) is 2.28. The molecule has 122 valence electrons. The molecule has 0 saturated carbocycles. The number of hydrogen-bond donors (Lipinski definition) is 4. The summed E-state index contributed by atoms with van der Waals surface area (Å²) in [7, 11) is 0. The van der Waals surface area contributed by atoms with E-state index in [0.717, 1.165) is 42.8 Å². The zero-order chi connectivity index (χ0) is 16.1. The van der Waals surface area contributed by atoms with Gasteiger partial charge in [0.05, 0.1) is 11.9 Å². The Hall–Kier alpha value is -2.05. The number of carbonyl (C=O) groups excluding carboxylic acids is 1. The van der Waals surface area contributed by atoms with Crippen molar-refractivity contribution in [3.8, 4) is 11.3 Å². The molecular weight excluding hydrogens is 314 g/mol. The van der Waals surface area contributed by atoms with Crippen LogP contribution in [0.15, 0.2) is 30.5 Å². The summed E-state index contributed by atoms with van der Waals surface area (Å²) in [5, 5.41) is 16.9. The van der Waals surface area contributed by atoms with Crippen LogP contribution in [0.2, 0.25) is 5.02 Å². The highest BCUT2D eigenvalue weighted by Gasteiger charge is 2.15. The minimum Gasteiger partial charge on any atom is -0.335 e. The van der Waals surface area contributed by atoms with Gasteiger partial charge in [0.1, 0.15) is 0 Å². The van der Waals surface area contributed by atoms with Crippen LogP contribution in [0, 0.1) is 0 Å². The largest absolute Gasteiger partial charge is 0.335 e. The van der Waals surface area contributed by atoms with Crippen LogP contribution in [0.25, 0.3) is 11.3 Å². The van der Waals surface area contributed by atoms with E-state index in [1.54, 1.807) is 6.20 Å². The zero-order valence-corrected chi connectivity index (χ0v) is 13.5. The van der Waals surface area contributed by atoms with E-state index >= 15 is 0 Å². The van der Waals surface area contributed by atoms with Crippen molar-refractivity contribution < 1.29 is 4.79 Å². The standard InChI is InChI=1S/C16H20ClN5O/c17-13-3-1-11(2-4-13)15-12(10-20-22-15)9-19-16(23)21-14-5-7-18-8-6-14/h1-4,10,14,18H,5-9H2,(H,20,22)(H2,19,21,23). The van der Waals surface area contributed by atoms with Crippen LogP contribution in [0.3, 0.4) is 0 Å². The Balaban J connectivity index is 1.57. The summed E-state index contributed by atoms with van der Waals surface area (Å²) in [6.07, 6.45) is 3.67. The number of urea groups is 1. The van der Waals surface area contributed by atoms with E-state index in [1.165, 1.54) is 0 Å². The van der Waals surface area contributed by atoms with Gasteiger partial charge in [-0.25, -0.2) is 4.79 Å². The average Bonchev–Trinajstić information content (AvgIpc) is 3.03. The van der Waals surface area contributed by atoms with Gasteiger partial charge in [-0.2, -0.15) is 5.10 Å². The summed E-state index contributed by atoms with van der Waals surface area (Å²) in [4.78, 5) is 12.0. The SMILES string of the molecule is O=C(NCc1cn[nH]c1-c1ccc(Cl)cc1)NC1CCNCC1. The molecule has 1 aliphatic rings. The first-order valence-electron chi connectivity index (χ1n) is 7.75. The minimum atomic E-state index is -0.139. The number of H-pyrrole nitrogens is 1. The average molecular weight is 334 g/mol. The van der Waals surface area contributed by atoms with Gasteiger partial charge in [-0.3, -0.25) is 5.10 Å². The summed E-state index contributed by atoms with van der Waals surface area (Å²) in [5.41, 5.74) is 2.82. The third-order valence-corrected chi connectivity index (χ3v) is 4.22. The van der Waals surface area contributed by atoms with Gasteiger partial charge in [0.2, 0.25) is 0 Å². The molecule has 2 amide bonds. The molecule has 0 unspecified atom stereocenters. The van der Waals surface area contributed by atoms with E-state index in [0.29, 0.717) is 11.6 Å². The van der Waals surface area contributed by atoms with Gasteiger partial charge in [-0.1, -0.05) is 23.7 Å². The molecule has 1 aliphatic heterocycles. The summed E-state index contributed by atoms with van der Waals surface area (Å²) in [6.45, 7) is 2.33. The quantitative estimate of drug-likeness (QED) is 0.693. The molecule has 0 atom stereocenters. The number of piperidine rings is 1. The first kappa shape index (κ1) is 15.8. The van der Waals surface area contributed by atoms with Crippen molar-refractivity contribution in [2.45, 2.75) is 25.4 Å². The van der Waals surface area contributed by atoms with Gasteiger partial charge in [-0.15, -0.1) is 0 Å². The maximum absolute atomic E-state index is 12.0. The molecule has 0 radical (unpaired) electrons. The number of nitrogens with zero attached hydrogens (tertiary/aromatic N) is 1. The number of halogens is 1. The Morgan fingerprint density at radius 3 is 2.74 bits per heavy atom. The summed E-state index contributed by atoms with van der Waals surface area (Å²) >= 11 is 5.91. The number of carbonyl (C=O) groups is 1. The van der Waals surface area contributed by atoms with E-state index in [-0.39, 0.29) is 12.1 Å². The second-order valence-corrected chi connectivity index (χ2v) is 6.06. The van der Waals surface area contributed by atoms with E-state index in [1.807, 2.05) is 24.3 Å². The van der Waals surface area contributed by atoms with E-state index in [9.17, 15) is 4.79 Å². The summed E-state index contributed by atoms with van der Waals surface area (Å²) in [5.74, 6) is 0. The number of aromatic amines is 1. The maximum atomic E-state index is 12.0. The molecule has 7 heteroatoms. The maximum Gasteiger partial charge on any atom is 0.315 e. The highest BCUT2D eigenvalue weighted by Crippen LogP contribution is 2.22. The lowest BCUT2D eigenvalue weighted by atomic mass is 10.1. The van der Waals surface area contributed by atoms with Crippen molar-refractivity contribution in [1.29, 1.82) is 0 Å². The van der Waals surface area contributed by atoms with Gasteiger partial charge in [0.15, 0.2) is 0 Å². The fourth-order valence-electron chi connectivity index (χ4n) is 2.69. The topological polar surface area (TPSA) is 81.8 Å².